The van der Waals surface area contributed by atoms with Gasteiger partial charge in [0.25, 0.3) is 0 Å². The van der Waals surface area contributed by atoms with E-state index in [2.05, 4.69) is 34.9 Å². The molecule has 0 radical (unpaired) electrons. The molecule has 0 unspecified atom stereocenters. The zero-order chi connectivity index (χ0) is 21.8. The average molecular weight is 431 g/mol. The Hall–Kier alpha value is -4.92. The highest BCUT2D eigenvalue weighted by Crippen LogP contribution is 2.32. The normalized spacial score (nSPS) is 11.6. The summed E-state index contributed by atoms with van der Waals surface area (Å²) in [5.41, 5.74) is 7.47. The molecule has 0 aliphatic rings. The second kappa shape index (κ2) is 6.79. The van der Waals surface area contributed by atoms with Crippen LogP contribution in [0.2, 0.25) is 0 Å². The number of nitrogens with one attached hydrogen (secondary N) is 5. The van der Waals surface area contributed by atoms with Gasteiger partial charge >= 0.3 is 0 Å². The first-order valence-corrected chi connectivity index (χ1v) is 10.5. The van der Waals surface area contributed by atoms with Crippen LogP contribution in [0.4, 0.5) is 0 Å². The first-order valence-electron chi connectivity index (χ1n) is 10.5. The molecule has 9 nitrogen and oxygen atoms in total. The van der Waals surface area contributed by atoms with Crippen molar-refractivity contribution >= 4 is 22.1 Å². The maximum absolute atomic E-state index is 4.81. The molecule has 158 valence electrons. The van der Waals surface area contributed by atoms with E-state index < -0.39 is 0 Å². The monoisotopic (exact) mass is 431 g/mol. The molecular weight excluding hydrogens is 414 g/mol. The highest BCUT2D eigenvalue weighted by Gasteiger charge is 2.16. The Labute approximate surface area is 186 Å². The van der Waals surface area contributed by atoms with Crippen molar-refractivity contribution in [3.8, 4) is 45.7 Å². The Morgan fingerprint density at radius 3 is 1.76 bits per heavy atom. The molecule has 0 aliphatic heterocycles. The first-order chi connectivity index (χ1) is 16.3. The molecule has 0 bridgehead atoms. The number of hydrogen-bond acceptors (Lipinski definition) is 4. The number of fused-ring (bicyclic) bond motifs is 2. The summed E-state index contributed by atoms with van der Waals surface area (Å²) in [5, 5.41) is 0. The van der Waals surface area contributed by atoms with Crippen molar-refractivity contribution in [3.05, 3.63) is 73.4 Å². The molecule has 7 aromatic rings. The predicted octanol–water partition coefficient (Wildman–Crippen LogP) is 4.88. The fourth-order valence-electron chi connectivity index (χ4n) is 4.17. The molecule has 0 amide bonds. The van der Waals surface area contributed by atoms with E-state index in [1.807, 2.05) is 61.1 Å². The predicted molar refractivity (Wildman–Crippen MR) is 126 cm³/mol. The van der Waals surface area contributed by atoms with Gasteiger partial charge in [0.1, 0.15) is 17.5 Å². The second-order valence-electron chi connectivity index (χ2n) is 7.78. The molecule has 5 heterocycles. The van der Waals surface area contributed by atoms with Gasteiger partial charge in [-0.1, -0.05) is 0 Å². The Bertz CT molecular complexity index is 1590. The number of imidazole rings is 4. The van der Waals surface area contributed by atoms with E-state index in [9.17, 15) is 0 Å². The first kappa shape index (κ1) is 17.7. The topological polar surface area (TPSA) is 131 Å². The summed E-state index contributed by atoms with van der Waals surface area (Å²) < 4.78 is 0. The summed E-state index contributed by atoms with van der Waals surface area (Å²) >= 11 is 0. The SMILES string of the molecule is c1c[nH]c(-c2ccc3nc(-c4cc[nH]c4-c4nc5ccc(-c6ncc[nH]6)cc5[nH]4)[nH]c3c2)n1. The summed E-state index contributed by atoms with van der Waals surface area (Å²) in [6.07, 6.45) is 9.01. The summed E-state index contributed by atoms with van der Waals surface area (Å²) in [5.74, 6) is 3.17. The molecule has 2 aromatic carbocycles. The fraction of sp³-hybridized carbons (Fsp3) is 0. The Morgan fingerprint density at radius 1 is 0.545 bits per heavy atom. The van der Waals surface area contributed by atoms with Gasteiger partial charge in [-0.15, -0.1) is 0 Å². The standard InChI is InChI=1S/C24H17N9/c1-3-16-18(11-13(1)21-26-7-8-27-21)32-23(30-16)15-5-6-25-20(15)24-31-17-4-2-14(12-19(17)33-24)22-28-9-10-29-22/h1-12,25H,(H,26,27)(H,28,29)(H,30,32)(H,31,33). The minimum atomic E-state index is 0.748. The van der Waals surface area contributed by atoms with E-state index >= 15 is 0 Å². The molecular formula is C24H17N9. The Morgan fingerprint density at radius 2 is 1.15 bits per heavy atom. The smallest absolute Gasteiger partial charge is 0.155 e. The van der Waals surface area contributed by atoms with Crippen molar-refractivity contribution in [1.29, 1.82) is 0 Å². The van der Waals surface area contributed by atoms with Crippen LogP contribution < -0.4 is 0 Å². The maximum atomic E-state index is 4.81. The molecule has 0 atom stereocenters. The number of aromatic nitrogens is 9. The molecule has 0 saturated carbocycles. The van der Waals surface area contributed by atoms with E-state index in [0.29, 0.717) is 0 Å². The second-order valence-corrected chi connectivity index (χ2v) is 7.78. The molecule has 0 aliphatic carbocycles. The summed E-state index contributed by atoms with van der Waals surface area (Å²) in [4.78, 5) is 34.7. The van der Waals surface area contributed by atoms with Crippen LogP contribution in [0.25, 0.3) is 67.7 Å². The van der Waals surface area contributed by atoms with Crippen LogP contribution in [0.3, 0.4) is 0 Å². The van der Waals surface area contributed by atoms with Gasteiger partial charge in [0.05, 0.1) is 27.8 Å². The zero-order valence-electron chi connectivity index (χ0n) is 17.2. The molecule has 0 spiro atoms. The van der Waals surface area contributed by atoms with Crippen molar-refractivity contribution in [2.75, 3.05) is 0 Å². The van der Waals surface area contributed by atoms with Gasteiger partial charge in [-0.2, -0.15) is 0 Å². The zero-order valence-corrected chi connectivity index (χ0v) is 17.2. The van der Waals surface area contributed by atoms with Crippen LogP contribution in [0.5, 0.6) is 0 Å². The van der Waals surface area contributed by atoms with E-state index in [1.165, 1.54) is 0 Å². The van der Waals surface area contributed by atoms with Crippen LogP contribution in [-0.4, -0.2) is 44.9 Å². The molecule has 5 N–H and O–H groups in total. The van der Waals surface area contributed by atoms with Gasteiger partial charge in [0.2, 0.25) is 0 Å². The van der Waals surface area contributed by atoms with Crippen LogP contribution in [0, 0.1) is 0 Å². The van der Waals surface area contributed by atoms with Crippen molar-refractivity contribution in [2.24, 2.45) is 0 Å². The van der Waals surface area contributed by atoms with E-state index in [-0.39, 0.29) is 0 Å². The molecule has 5 aromatic heterocycles. The van der Waals surface area contributed by atoms with E-state index in [4.69, 9.17) is 9.97 Å². The molecule has 33 heavy (non-hydrogen) atoms. The number of rotatable bonds is 4. The van der Waals surface area contributed by atoms with Crippen LogP contribution in [0.1, 0.15) is 0 Å². The lowest BCUT2D eigenvalue weighted by molar-refractivity contribution is 1.26. The van der Waals surface area contributed by atoms with Crippen molar-refractivity contribution in [3.63, 3.8) is 0 Å². The average Bonchev–Trinajstić information content (AvgIpc) is 3.67. The minimum absolute atomic E-state index is 0.748. The molecule has 9 heteroatoms. The largest absolute Gasteiger partial charge is 0.358 e. The maximum Gasteiger partial charge on any atom is 0.155 e. The third kappa shape index (κ3) is 2.87. The third-order valence-electron chi connectivity index (χ3n) is 5.75. The van der Waals surface area contributed by atoms with Gasteiger partial charge in [0, 0.05) is 47.7 Å². The van der Waals surface area contributed by atoms with Gasteiger partial charge in [-0.05, 0) is 42.5 Å². The molecule has 0 fully saturated rings. The summed E-state index contributed by atoms with van der Waals surface area (Å²) in [6.45, 7) is 0. The van der Waals surface area contributed by atoms with Gasteiger partial charge in [0.15, 0.2) is 5.82 Å². The Balaban J connectivity index is 1.30. The lowest BCUT2D eigenvalue weighted by Gasteiger charge is -1.98. The van der Waals surface area contributed by atoms with Crippen molar-refractivity contribution in [1.82, 2.24) is 44.9 Å². The lowest BCUT2D eigenvalue weighted by Crippen LogP contribution is -1.86. The number of aromatic amines is 5. The molecule has 0 saturated heterocycles. The number of H-pyrrole nitrogens is 5. The molecule has 7 rings (SSSR count). The quantitative estimate of drug-likeness (QED) is 0.272. The van der Waals surface area contributed by atoms with E-state index in [0.717, 1.165) is 67.7 Å². The number of hydrogen-bond donors (Lipinski definition) is 5. The Kier molecular flexibility index (Phi) is 3.65. The lowest BCUT2D eigenvalue weighted by atomic mass is 10.2. The summed E-state index contributed by atoms with van der Waals surface area (Å²) in [6, 6.07) is 14.1. The highest BCUT2D eigenvalue weighted by molar-refractivity contribution is 5.88. The van der Waals surface area contributed by atoms with Gasteiger partial charge < -0.3 is 24.9 Å². The third-order valence-corrected chi connectivity index (χ3v) is 5.75. The fourth-order valence-corrected chi connectivity index (χ4v) is 4.17. The van der Waals surface area contributed by atoms with Gasteiger partial charge in [-0.25, -0.2) is 19.9 Å². The van der Waals surface area contributed by atoms with Crippen LogP contribution in [0.15, 0.2) is 73.4 Å². The van der Waals surface area contributed by atoms with Crippen LogP contribution >= 0.6 is 0 Å². The summed E-state index contributed by atoms with van der Waals surface area (Å²) in [7, 11) is 0. The van der Waals surface area contributed by atoms with Crippen LogP contribution in [-0.2, 0) is 0 Å². The van der Waals surface area contributed by atoms with Crippen molar-refractivity contribution in [2.45, 2.75) is 0 Å². The van der Waals surface area contributed by atoms with Crippen molar-refractivity contribution < 1.29 is 0 Å². The van der Waals surface area contributed by atoms with Gasteiger partial charge in [-0.3, -0.25) is 0 Å². The number of nitrogens with zero attached hydrogens (tertiary/aromatic N) is 4. The van der Waals surface area contributed by atoms with E-state index in [1.54, 1.807) is 12.4 Å². The minimum Gasteiger partial charge on any atom is -0.358 e. The highest BCUT2D eigenvalue weighted by atomic mass is 15.0. The number of benzene rings is 2.